The molecule has 3 rings (SSSR count). The van der Waals surface area contributed by atoms with E-state index in [-0.39, 0.29) is 0 Å². The summed E-state index contributed by atoms with van der Waals surface area (Å²) in [5.74, 6) is 0.722. The van der Waals surface area contributed by atoms with Crippen LogP contribution in [-0.4, -0.2) is 17.6 Å². The number of rotatable bonds is 7. The maximum absolute atomic E-state index is 4.48. The number of nitrogens with zero attached hydrogens (tertiary/aromatic N) is 1. The van der Waals surface area contributed by atoms with Crippen LogP contribution in [0.3, 0.4) is 0 Å². The number of hydrogen-bond donors (Lipinski definition) is 1. The predicted octanol–water partition coefficient (Wildman–Crippen LogP) is 3.72. The van der Waals surface area contributed by atoms with Gasteiger partial charge in [0, 0.05) is 24.4 Å². The molecular weight excluding hydrogens is 256 g/mol. The standard InChI is InChI=1S/C19H24N2/c1-2-10-20-18(14-17-8-5-6-11-21-17)13-16-12-15-7-3-4-9-19(15)16/h3-9,11,16,18,20H,2,10,12-14H2,1H3. The minimum Gasteiger partial charge on any atom is -0.314 e. The van der Waals surface area contributed by atoms with Crippen LogP contribution in [0.15, 0.2) is 48.7 Å². The van der Waals surface area contributed by atoms with Crippen molar-refractivity contribution in [3.8, 4) is 0 Å². The van der Waals surface area contributed by atoms with Crippen LogP contribution < -0.4 is 5.32 Å². The Labute approximate surface area is 127 Å². The lowest BCUT2D eigenvalue weighted by Gasteiger charge is -2.33. The summed E-state index contributed by atoms with van der Waals surface area (Å²) < 4.78 is 0. The van der Waals surface area contributed by atoms with E-state index in [9.17, 15) is 0 Å². The van der Waals surface area contributed by atoms with Crippen LogP contribution in [0.4, 0.5) is 0 Å². The second-order valence-corrected chi connectivity index (χ2v) is 6.01. The van der Waals surface area contributed by atoms with Gasteiger partial charge in [0.2, 0.25) is 0 Å². The molecular formula is C19H24N2. The summed E-state index contributed by atoms with van der Waals surface area (Å²) in [4.78, 5) is 4.48. The molecule has 1 aliphatic carbocycles. The Kier molecular flexibility index (Phi) is 4.66. The monoisotopic (exact) mass is 280 g/mol. The molecule has 21 heavy (non-hydrogen) atoms. The molecule has 2 unspecified atom stereocenters. The molecule has 0 spiro atoms. The molecule has 1 N–H and O–H groups in total. The normalized spacial score (nSPS) is 17.9. The Balaban J connectivity index is 1.63. The zero-order valence-corrected chi connectivity index (χ0v) is 12.8. The van der Waals surface area contributed by atoms with Crippen LogP contribution in [0, 0.1) is 0 Å². The first kappa shape index (κ1) is 14.3. The van der Waals surface area contributed by atoms with Gasteiger partial charge in [-0.1, -0.05) is 37.3 Å². The van der Waals surface area contributed by atoms with Crippen molar-refractivity contribution in [3.63, 3.8) is 0 Å². The van der Waals surface area contributed by atoms with Gasteiger partial charge in [0.25, 0.3) is 0 Å². The number of fused-ring (bicyclic) bond motifs is 1. The van der Waals surface area contributed by atoms with Crippen molar-refractivity contribution in [1.82, 2.24) is 10.3 Å². The van der Waals surface area contributed by atoms with Gasteiger partial charge in [0.1, 0.15) is 0 Å². The lowest BCUT2D eigenvalue weighted by molar-refractivity contribution is 0.413. The van der Waals surface area contributed by atoms with E-state index < -0.39 is 0 Å². The summed E-state index contributed by atoms with van der Waals surface area (Å²) in [6, 6.07) is 15.6. The Morgan fingerprint density at radius 2 is 2.05 bits per heavy atom. The van der Waals surface area contributed by atoms with Crippen molar-refractivity contribution >= 4 is 0 Å². The van der Waals surface area contributed by atoms with E-state index in [2.05, 4.69) is 53.6 Å². The molecule has 2 heteroatoms. The molecule has 1 aromatic carbocycles. The first-order valence-corrected chi connectivity index (χ1v) is 8.08. The van der Waals surface area contributed by atoms with Gasteiger partial charge in [-0.05, 0) is 55.0 Å². The number of hydrogen-bond acceptors (Lipinski definition) is 2. The SMILES string of the molecule is CCCNC(Cc1ccccn1)CC1Cc2ccccc21. The van der Waals surface area contributed by atoms with Crippen molar-refractivity contribution in [1.29, 1.82) is 0 Å². The number of aromatic nitrogens is 1. The second-order valence-electron chi connectivity index (χ2n) is 6.01. The van der Waals surface area contributed by atoms with Crippen LogP contribution in [0.5, 0.6) is 0 Å². The van der Waals surface area contributed by atoms with Crippen LogP contribution in [0.1, 0.15) is 42.5 Å². The summed E-state index contributed by atoms with van der Waals surface area (Å²) in [5.41, 5.74) is 4.29. The van der Waals surface area contributed by atoms with Crippen molar-refractivity contribution < 1.29 is 0 Å². The molecule has 1 aliphatic rings. The molecule has 0 amide bonds. The first-order valence-electron chi connectivity index (χ1n) is 8.08. The number of nitrogens with one attached hydrogen (secondary N) is 1. The van der Waals surface area contributed by atoms with Gasteiger partial charge >= 0.3 is 0 Å². The number of benzene rings is 1. The van der Waals surface area contributed by atoms with Gasteiger partial charge < -0.3 is 5.32 Å². The molecule has 1 heterocycles. The van der Waals surface area contributed by atoms with E-state index in [1.807, 2.05) is 12.3 Å². The third-order valence-corrected chi connectivity index (χ3v) is 4.39. The summed E-state index contributed by atoms with van der Waals surface area (Å²) in [6.07, 6.45) is 6.56. The maximum atomic E-state index is 4.48. The maximum Gasteiger partial charge on any atom is 0.0419 e. The lowest BCUT2D eigenvalue weighted by atomic mass is 9.74. The van der Waals surface area contributed by atoms with Gasteiger partial charge in [-0.2, -0.15) is 0 Å². The third-order valence-electron chi connectivity index (χ3n) is 4.39. The van der Waals surface area contributed by atoms with Crippen LogP contribution in [-0.2, 0) is 12.8 Å². The zero-order valence-electron chi connectivity index (χ0n) is 12.8. The van der Waals surface area contributed by atoms with Gasteiger partial charge in [-0.25, -0.2) is 0 Å². The van der Waals surface area contributed by atoms with Crippen LogP contribution in [0.25, 0.3) is 0 Å². The summed E-state index contributed by atoms with van der Waals surface area (Å²) >= 11 is 0. The molecule has 0 bridgehead atoms. The summed E-state index contributed by atoms with van der Waals surface area (Å²) in [6.45, 7) is 3.31. The van der Waals surface area contributed by atoms with E-state index in [1.165, 1.54) is 30.5 Å². The molecule has 0 radical (unpaired) electrons. The molecule has 2 nitrogen and oxygen atoms in total. The fourth-order valence-electron chi connectivity index (χ4n) is 3.28. The molecule has 2 aromatic rings. The van der Waals surface area contributed by atoms with Gasteiger partial charge in [-0.15, -0.1) is 0 Å². The summed E-state index contributed by atoms with van der Waals surface area (Å²) in [5, 5.41) is 3.71. The lowest BCUT2D eigenvalue weighted by Crippen LogP contribution is -2.35. The van der Waals surface area contributed by atoms with E-state index in [1.54, 1.807) is 5.56 Å². The van der Waals surface area contributed by atoms with Crippen LogP contribution in [0.2, 0.25) is 0 Å². The Bertz CT molecular complexity index is 565. The van der Waals surface area contributed by atoms with Crippen molar-refractivity contribution in [2.45, 2.75) is 44.6 Å². The van der Waals surface area contributed by atoms with E-state index in [4.69, 9.17) is 0 Å². The minimum atomic E-state index is 0.526. The quantitative estimate of drug-likeness (QED) is 0.836. The Morgan fingerprint density at radius 3 is 2.81 bits per heavy atom. The second kappa shape index (κ2) is 6.86. The summed E-state index contributed by atoms with van der Waals surface area (Å²) in [7, 11) is 0. The molecule has 0 saturated heterocycles. The first-order chi connectivity index (χ1) is 10.4. The zero-order chi connectivity index (χ0) is 14.5. The highest BCUT2D eigenvalue weighted by atomic mass is 14.9. The van der Waals surface area contributed by atoms with Gasteiger partial charge in [0.05, 0.1) is 0 Å². The van der Waals surface area contributed by atoms with E-state index in [0.29, 0.717) is 6.04 Å². The molecule has 0 saturated carbocycles. The largest absolute Gasteiger partial charge is 0.314 e. The molecule has 0 aliphatic heterocycles. The number of pyridine rings is 1. The molecule has 1 aromatic heterocycles. The smallest absolute Gasteiger partial charge is 0.0419 e. The Hall–Kier alpha value is -1.67. The van der Waals surface area contributed by atoms with Gasteiger partial charge in [0.15, 0.2) is 0 Å². The van der Waals surface area contributed by atoms with Crippen molar-refractivity contribution in [3.05, 3.63) is 65.5 Å². The highest BCUT2D eigenvalue weighted by Crippen LogP contribution is 2.38. The van der Waals surface area contributed by atoms with Crippen LogP contribution >= 0.6 is 0 Å². The molecule has 110 valence electrons. The van der Waals surface area contributed by atoms with Crippen molar-refractivity contribution in [2.75, 3.05) is 6.54 Å². The third kappa shape index (κ3) is 3.51. The average Bonchev–Trinajstić information content (AvgIpc) is 2.51. The molecule has 0 fully saturated rings. The Morgan fingerprint density at radius 1 is 1.19 bits per heavy atom. The minimum absolute atomic E-state index is 0.526. The molecule has 2 atom stereocenters. The van der Waals surface area contributed by atoms with Gasteiger partial charge in [-0.3, -0.25) is 4.98 Å². The van der Waals surface area contributed by atoms with Crippen molar-refractivity contribution in [2.24, 2.45) is 0 Å². The average molecular weight is 280 g/mol. The fraction of sp³-hybridized carbons (Fsp3) is 0.421. The topological polar surface area (TPSA) is 24.9 Å². The predicted molar refractivity (Wildman–Crippen MR) is 87.5 cm³/mol. The fourth-order valence-corrected chi connectivity index (χ4v) is 3.28. The highest BCUT2D eigenvalue weighted by Gasteiger charge is 2.27. The highest BCUT2D eigenvalue weighted by molar-refractivity contribution is 5.40. The van der Waals surface area contributed by atoms with E-state index >= 15 is 0 Å². The van der Waals surface area contributed by atoms with E-state index in [0.717, 1.165) is 18.9 Å².